The molecule has 0 aliphatic rings. The quantitative estimate of drug-likeness (QED) is 0.855. The minimum absolute atomic E-state index is 0.0349. The Morgan fingerprint density at radius 2 is 1.80 bits per heavy atom. The monoisotopic (exact) mass is 277 g/mol. The van der Waals surface area contributed by atoms with Crippen LogP contribution in [-0.2, 0) is 0 Å². The first kappa shape index (κ1) is 14.0. The number of carbonyl (C=O) groups is 1. The molecule has 0 heterocycles. The first-order valence-corrected chi connectivity index (χ1v) is 5.96. The van der Waals surface area contributed by atoms with E-state index in [1.807, 2.05) is 18.2 Å². The molecule has 20 heavy (non-hydrogen) atoms. The predicted octanol–water partition coefficient (Wildman–Crippen LogP) is 3.56. The van der Waals surface area contributed by atoms with E-state index in [9.17, 15) is 13.6 Å². The maximum Gasteiger partial charge on any atom is 0.387 e. The van der Waals surface area contributed by atoms with E-state index in [2.05, 4.69) is 4.74 Å². The number of ether oxygens (including phenoxy) is 1. The average Bonchev–Trinajstić information content (AvgIpc) is 2.46. The third-order valence-corrected chi connectivity index (χ3v) is 2.75. The van der Waals surface area contributed by atoms with Gasteiger partial charge in [0.2, 0.25) is 0 Å². The lowest BCUT2D eigenvalue weighted by molar-refractivity contribution is -0.0498. The van der Waals surface area contributed by atoms with Crippen molar-refractivity contribution in [1.82, 2.24) is 0 Å². The molecular weight excluding hydrogens is 264 g/mol. The topological polar surface area (TPSA) is 29.5 Å². The SMILES string of the molecule is CN(C(=O)c1cccc(OC(F)F)c1)c1ccccc1. The third-order valence-electron chi connectivity index (χ3n) is 2.75. The van der Waals surface area contributed by atoms with Crippen LogP contribution in [0.4, 0.5) is 14.5 Å². The maximum absolute atomic E-state index is 12.3. The highest BCUT2D eigenvalue weighted by Gasteiger charge is 2.14. The van der Waals surface area contributed by atoms with Gasteiger partial charge in [0.05, 0.1) is 0 Å². The van der Waals surface area contributed by atoms with Gasteiger partial charge < -0.3 is 9.64 Å². The highest BCUT2D eigenvalue weighted by atomic mass is 19.3. The molecule has 3 nitrogen and oxygen atoms in total. The number of hydrogen-bond donors (Lipinski definition) is 0. The van der Waals surface area contributed by atoms with Gasteiger partial charge in [0.15, 0.2) is 0 Å². The molecule has 0 bridgehead atoms. The summed E-state index contributed by atoms with van der Waals surface area (Å²) < 4.78 is 28.6. The van der Waals surface area contributed by atoms with Crippen LogP contribution in [0.1, 0.15) is 10.4 Å². The summed E-state index contributed by atoms with van der Waals surface area (Å²) in [5.74, 6) is -0.330. The van der Waals surface area contributed by atoms with Gasteiger partial charge in [-0.15, -0.1) is 0 Å². The lowest BCUT2D eigenvalue weighted by atomic mass is 10.2. The molecule has 0 spiro atoms. The second-order valence-corrected chi connectivity index (χ2v) is 4.11. The molecule has 0 aromatic heterocycles. The van der Waals surface area contributed by atoms with Crippen LogP contribution in [0.25, 0.3) is 0 Å². The van der Waals surface area contributed by atoms with Gasteiger partial charge in [0, 0.05) is 18.3 Å². The summed E-state index contributed by atoms with van der Waals surface area (Å²) >= 11 is 0. The second-order valence-electron chi connectivity index (χ2n) is 4.11. The molecule has 104 valence electrons. The molecule has 5 heteroatoms. The minimum Gasteiger partial charge on any atom is -0.435 e. The Morgan fingerprint density at radius 3 is 2.45 bits per heavy atom. The number of hydrogen-bond acceptors (Lipinski definition) is 2. The van der Waals surface area contributed by atoms with E-state index in [4.69, 9.17) is 0 Å². The zero-order chi connectivity index (χ0) is 14.5. The van der Waals surface area contributed by atoms with Gasteiger partial charge in [-0.1, -0.05) is 24.3 Å². The molecule has 0 atom stereocenters. The molecule has 0 N–H and O–H groups in total. The summed E-state index contributed by atoms with van der Waals surface area (Å²) in [7, 11) is 1.62. The molecule has 1 amide bonds. The van der Waals surface area contributed by atoms with Crippen molar-refractivity contribution in [2.75, 3.05) is 11.9 Å². The fourth-order valence-corrected chi connectivity index (χ4v) is 1.77. The first-order valence-electron chi connectivity index (χ1n) is 5.96. The van der Waals surface area contributed by atoms with Gasteiger partial charge in [-0.25, -0.2) is 0 Å². The van der Waals surface area contributed by atoms with Crippen molar-refractivity contribution < 1.29 is 18.3 Å². The van der Waals surface area contributed by atoms with Crippen molar-refractivity contribution in [3.63, 3.8) is 0 Å². The second kappa shape index (κ2) is 6.14. The number of halogens is 2. The van der Waals surface area contributed by atoms with E-state index in [1.54, 1.807) is 25.2 Å². The smallest absolute Gasteiger partial charge is 0.387 e. The van der Waals surface area contributed by atoms with Crippen molar-refractivity contribution >= 4 is 11.6 Å². The standard InChI is InChI=1S/C15H13F2NO2/c1-18(12-7-3-2-4-8-12)14(19)11-6-5-9-13(10-11)20-15(16)17/h2-10,15H,1H3. The Balaban J connectivity index is 2.21. The molecule has 0 aliphatic heterocycles. The summed E-state index contributed by atoms with van der Waals surface area (Å²) in [6.45, 7) is -2.91. The highest BCUT2D eigenvalue weighted by Crippen LogP contribution is 2.19. The van der Waals surface area contributed by atoms with Crippen LogP contribution in [0.5, 0.6) is 5.75 Å². The van der Waals surface area contributed by atoms with Crippen LogP contribution in [-0.4, -0.2) is 19.6 Å². The summed E-state index contributed by atoms with van der Waals surface area (Å²) in [4.78, 5) is 13.7. The van der Waals surface area contributed by atoms with Crippen LogP contribution in [0.2, 0.25) is 0 Å². The van der Waals surface area contributed by atoms with E-state index in [0.717, 1.165) is 5.69 Å². The number of nitrogens with zero attached hydrogens (tertiary/aromatic N) is 1. The van der Waals surface area contributed by atoms with Gasteiger partial charge in [0.25, 0.3) is 5.91 Å². The third kappa shape index (κ3) is 3.32. The van der Waals surface area contributed by atoms with Gasteiger partial charge in [0.1, 0.15) is 5.75 Å². The first-order chi connectivity index (χ1) is 9.58. The number of rotatable bonds is 4. The Morgan fingerprint density at radius 1 is 1.10 bits per heavy atom. The summed E-state index contributed by atoms with van der Waals surface area (Å²) in [6.07, 6.45) is 0. The van der Waals surface area contributed by atoms with E-state index in [1.165, 1.54) is 23.1 Å². The molecule has 0 saturated carbocycles. The summed E-state index contributed by atoms with van der Waals surface area (Å²) in [5, 5.41) is 0. The van der Waals surface area contributed by atoms with Gasteiger partial charge >= 0.3 is 6.61 Å². The fraction of sp³-hybridized carbons (Fsp3) is 0.133. The van der Waals surface area contributed by atoms with Crippen LogP contribution >= 0.6 is 0 Å². The number of anilines is 1. The number of benzene rings is 2. The Bertz CT molecular complexity index is 587. The summed E-state index contributed by atoms with van der Waals surface area (Å²) in [5.41, 5.74) is 1.01. The van der Waals surface area contributed by atoms with Crippen LogP contribution in [0.3, 0.4) is 0 Å². The molecule has 0 saturated heterocycles. The highest BCUT2D eigenvalue weighted by molar-refractivity contribution is 6.05. The number of amides is 1. The van der Waals surface area contributed by atoms with E-state index in [0.29, 0.717) is 0 Å². The lowest BCUT2D eigenvalue weighted by Gasteiger charge is -2.17. The zero-order valence-corrected chi connectivity index (χ0v) is 10.8. The Hall–Kier alpha value is -2.43. The molecular formula is C15H13F2NO2. The normalized spacial score (nSPS) is 10.4. The van der Waals surface area contributed by atoms with Crippen molar-refractivity contribution in [3.8, 4) is 5.75 Å². The minimum atomic E-state index is -2.91. The molecule has 0 aliphatic carbocycles. The number of carbonyl (C=O) groups excluding carboxylic acids is 1. The predicted molar refractivity (Wildman–Crippen MR) is 72.2 cm³/mol. The van der Waals surface area contributed by atoms with Crippen molar-refractivity contribution in [1.29, 1.82) is 0 Å². The zero-order valence-electron chi connectivity index (χ0n) is 10.8. The molecule has 2 aromatic rings. The molecule has 2 aromatic carbocycles. The van der Waals surface area contributed by atoms with Crippen molar-refractivity contribution in [2.24, 2.45) is 0 Å². The molecule has 0 fully saturated rings. The van der Waals surface area contributed by atoms with E-state index >= 15 is 0 Å². The molecule has 0 unspecified atom stereocenters. The molecule has 2 rings (SSSR count). The van der Waals surface area contributed by atoms with Crippen LogP contribution < -0.4 is 9.64 Å². The average molecular weight is 277 g/mol. The fourth-order valence-electron chi connectivity index (χ4n) is 1.77. The number of alkyl halides is 2. The van der Waals surface area contributed by atoms with Gasteiger partial charge in [-0.3, -0.25) is 4.79 Å². The van der Waals surface area contributed by atoms with Crippen molar-refractivity contribution in [2.45, 2.75) is 6.61 Å². The Labute approximate surface area is 115 Å². The largest absolute Gasteiger partial charge is 0.435 e. The lowest BCUT2D eigenvalue weighted by Crippen LogP contribution is -2.26. The van der Waals surface area contributed by atoms with E-state index in [-0.39, 0.29) is 17.2 Å². The maximum atomic E-state index is 12.3. The van der Waals surface area contributed by atoms with Gasteiger partial charge in [-0.05, 0) is 30.3 Å². The van der Waals surface area contributed by atoms with Crippen molar-refractivity contribution in [3.05, 3.63) is 60.2 Å². The van der Waals surface area contributed by atoms with Crippen LogP contribution in [0, 0.1) is 0 Å². The van der Waals surface area contributed by atoms with Crippen LogP contribution in [0.15, 0.2) is 54.6 Å². The van der Waals surface area contributed by atoms with E-state index < -0.39 is 6.61 Å². The molecule has 0 radical (unpaired) electrons. The van der Waals surface area contributed by atoms with Gasteiger partial charge in [-0.2, -0.15) is 8.78 Å². The number of para-hydroxylation sites is 1. The summed E-state index contributed by atoms with van der Waals surface area (Å²) in [6, 6.07) is 14.8. The Kier molecular flexibility index (Phi) is 4.30.